The van der Waals surface area contributed by atoms with E-state index in [1.165, 1.54) is 6.33 Å². The van der Waals surface area contributed by atoms with Gasteiger partial charge in [-0.3, -0.25) is 4.57 Å². The zero-order valence-corrected chi connectivity index (χ0v) is 10.6. The Morgan fingerprint density at radius 3 is 2.81 bits per heavy atom. The van der Waals surface area contributed by atoms with Crippen molar-refractivity contribution >= 4 is 11.8 Å². The third kappa shape index (κ3) is 1.98. The number of aliphatic hydroxyl groups is 4. The maximum absolute atomic E-state index is 14.1. The van der Waals surface area contributed by atoms with Crippen molar-refractivity contribution in [3.05, 3.63) is 12.0 Å². The Labute approximate surface area is 117 Å². The third-order valence-electron chi connectivity index (χ3n) is 3.44. The Morgan fingerprint density at radius 1 is 1.48 bits per heavy atom. The molecule has 0 saturated carbocycles. The van der Waals surface area contributed by atoms with E-state index < -0.39 is 37.1 Å². The summed E-state index contributed by atoms with van der Waals surface area (Å²) in [6, 6.07) is 0. The third-order valence-corrected chi connectivity index (χ3v) is 3.44. The SMILES string of the molecule is NC1=NC(O)c2ncn([C@@H]3O[C@](F)(CO)[C@@H](O)[C@H]3O)c2N1. The van der Waals surface area contributed by atoms with Crippen molar-refractivity contribution in [3.8, 4) is 0 Å². The second kappa shape index (κ2) is 4.61. The fourth-order valence-corrected chi connectivity index (χ4v) is 2.34. The summed E-state index contributed by atoms with van der Waals surface area (Å²) >= 11 is 0. The van der Waals surface area contributed by atoms with Gasteiger partial charge in [0.1, 0.15) is 30.3 Å². The van der Waals surface area contributed by atoms with Crippen molar-refractivity contribution in [1.82, 2.24) is 9.55 Å². The van der Waals surface area contributed by atoms with Crippen molar-refractivity contribution in [2.24, 2.45) is 10.7 Å². The molecule has 3 heterocycles. The summed E-state index contributed by atoms with van der Waals surface area (Å²) in [5, 5.41) is 40.8. The van der Waals surface area contributed by atoms with E-state index in [2.05, 4.69) is 15.3 Å². The number of aliphatic imine (C=N–C) groups is 1. The fraction of sp³-hybridized carbons (Fsp3) is 0.600. The highest BCUT2D eigenvalue weighted by molar-refractivity contribution is 5.93. The minimum absolute atomic E-state index is 0.0987. The lowest BCUT2D eigenvalue weighted by atomic mass is 10.1. The Balaban J connectivity index is 1.97. The smallest absolute Gasteiger partial charge is 0.263 e. The van der Waals surface area contributed by atoms with Gasteiger partial charge in [-0.15, -0.1) is 0 Å². The van der Waals surface area contributed by atoms with E-state index >= 15 is 0 Å². The molecule has 1 aromatic rings. The predicted octanol–water partition coefficient (Wildman–Crippen LogP) is -2.48. The van der Waals surface area contributed by atoms with Crippen molar-refractivity contribution < 1.29 is 29.6 Å². The van der Waals surface area contributed by atoms with Crippen LogP contribution in [0.25, 0.3) is 0 Å². The molecule has 1 unspecified atom stereocenters. The summed E-state index contributed by atoms with van der Waals surface area (Å²) in [4.78, 5) is 7.52. The number of hydrogen-bond acceptors (Lipinski definition) is 9. The molecule has 0 bridgehead atoms. The van der Waals surface area contributed by atoms with Gasteiger partial charge in [0.2, 0.25) is 0 Å². The highest BCUT2D eigenvalue weighted by atomic mass is 19.2. The van der Waals surface area contributed by atoms with Crippen LogP contribution in [-0.4, -0.2) is 60.6 Å². The number of halogens is 1. The van der Waals surface area contributed by atoms with E-state index in [9.17, 15) is 19.7 Å². The zero-order valence-electron chi connectivity index (χ0n) is 10.6. The summed E-state index contributed by atoms with van der Waals surface area (Å²) in [6.45, 7) is -1.13. The van der Waals surface area contributed by atoms with E-state index in [1.807, 2.05) is 0 Å². The number of ether oxygens (including phenoxy) is 1. The first-order chi connectivity index (χ1) is 9.87. The zero-order chi connectivity index (χ0) is 15.4. The molecule has 21 heavy (non-hydrogen) atoms. The number of aromatic nitrogens is 2. The predicted molar refractivity (Wildman–Crippen MR) is 65.5 cm³/mol. The first kappa shape index (κ1) is 14.2. The maximum Gasteiger partial charge on any atom is 0.263 e. The minimum Gasteiger partial charge on any atom is -0.390 e. The van der Waals surface area contributed by atoms with E-state index in [4.69, 9.17) is 15.6 Å². The van der Waals surface area contributed by atoms with Crippen LogP contribution in [0.2, 0.25) is 0 Å². The number of aliphatic hydroxyl groups excluding tert-OH is 4. The average molecular weight is 303 g/mol. The van der Waals surface area contributed by atoms with Crippen molar-refractivity contribution in [1.29, 1.82) is 0 Å². The molecule has 0 amide bonds. The molecule has 0 aliphatic carbocycles. The number of fused-ring (bicyclic) bond motifs is 1. The van der Waals surface area contributed by atoms with Crippen LogP contribution in [0.1, 0.15) is 18.1 Å². The molecular weight excluding hydrogens is 289 g/mol. The number of nitrogens with zero attached hydrogens (tertiary/aromatic N) is 3. The maximum atomic E-state index is 14.1. The summed E-state index contributed by atoms with van der Waals surface area (Å²) < 4.78 is 20.1. The number of nitrogens with two attached hydrogens (primary N) is 1. The number of nitrogens with one attached hydrogen (secondary N) is 1. The molecule has 0 spiro atoms. The lowest BCUT2D eigenvalue weighted by Crippen LogP contribution is -2.42. The van der Waals surface area contributed by atoms with Crippen LogP contribution >= 0.6 is 0 Å². The molecule has 1 aromatic heterocycles. The van der Waals surface area contributed by atoms with Crippen LogP contribution in [0.4, 0.5) is 10.2 Å². The molecule has 0 aromatic carbocycles. The normalized spacial score (nSPS) is 38.8. The Kier molecular flexibility index (Phi) is 3.11. The number of rotatable bonds is 2. The topological polar surface area (TPSA) is 158 Å². The number of guanidine groups is 1. The minimum atomic E-state index is -2.80. The van der Waals surface area contributed by atoms with Gasteiger partial charge in [0.25, 0.3) is 5.85 Å². The Bertz CT molecular complexity index is 594. The monoisotopic (exact) mass is 303 g/mol. The largest absolute Gasteiger partial charge is 0.390 e. The molecule has 5 atom stereocenters. The summed E-state index contributed by atoms with van der Waals surface area (Å²) in [6.07, 6.45) is -5.10. The highest BCUT2D eigenvalue weighted by Gasteiger charge is 2.56. The van der Waals surface area contributed by atoms with Gasteiger partial charge in [0.05, 0.1) is 6.33 Å². The highest BCUT2D eigenvalue weighted by Crippen LogP contribution is 2.40. The molecule has 1 fully saturated rings. The number of imidazole rings is 1. The molecule has 7 N–H and O–H groups in total. The molecule has 2 aliphatic heterocycles. The Morgan fingerprint density at radius 2 is 2.19 bits per heavy atom. The van der Waals surface area contributed by atoms with Gasteiger partial charge in [0.15, 0.2) is 18.4 Å². The Hall–Kier alpha value is -1.79. The molecule has 11 heteroatoms. The molecule has 116 valence electrons. The number of hydrogen-bond donors (Lipinski definition) is 6. The summed E-state index contributed by atoms with van der Waals surface area (Å²) in [5.41, 5.74) is 5.59. The fourth-order valence-electron chi connectivity index (χ4n) is 2.34. The van der Waals surface area contributed by atoms with Crippen molar-refractivity contribution in [2.75, 3.05) is 11.9 Å². The molecular formula is C10H14FN5O5. The standard InChI is InChI=1S/C10H14FN5O5/c11-10(1-17)5(19)4(18)8(21-10)16-2-13-3-6(16)14-9(12)15-7(3)20/h2,4-5,7-8,17-20H,1H2,(H3,12,14,15)/t4-,5+,7?,8-,10-/m1/s1. The first-order valence-electron chi connectivity index (χ1n) is 6.06. The van der Waals surface area contributed by atoms with Gasteiger partial charge in [-0.2, -0.15) is 0 Å². The van der Waals surface area contributed by atoms with Gasteiger partial charge in [-0.1, -0.05) is 0 Å². The number of alkyl halides is 1. The van der Waals surface area contributed by atoms with E-state index in [-0.39, 0.29) is 17.5 Å². The van der Waals surface area contributed by atoms with Crippen LogP contribution < -0.4 is 11.1 Å². The average Bonchev–Trinajstić information content (AvgIpc) is 2.95. The van der Waals surface area contributed by atoms with Gasteiger partial charge in [0, 0.05) is 0 Å². The van der Waals surface area contributed by atoms with E-state index in [0.29, 0.717) is 0 Å². The molecule has 10 nitrogen and oxygen atoms in total. The first-order valence-corrected chi connectivity index (χ1v) is 6.06. The van der Waals surface area contributed by atoms with Crippen molar-refractivity contribution in [3.63, 3.8) is 0 Å². The second-order valence-electron chi connectivity index (χ2n) is 4.79. The molecule has 2 aliphatic rings. The molecule has 1 saturated heterocycles. The van der Waals surface area contributed by atoms with E-state index in [0.717, 1.165) is 4.57 Å². The number of anilines is 1. The second-order valence-corrected chi connectivity index (χ2v) is 4.79. The van der Waals surface area contributed by atoms with Crippen LogP contribution in [0.15, 0.2) is 11.3 Å². The summed E-state index contributed by atoms with van der Waals surface area (Å²) in [5.74, 6) is -2.75. The quantitative estimate of drug-likeness (QED) is 0.350. The van der Waals surface area contributed by atoms with Crippen LogP contribution in [0.5, 0.6) is 0 Å². The van der Waals surface area contributed by atoms with Crippen molar-refractivity contribution in [2.45, 2.75) is 30.5 Å². The lowest BCUT2D eigenvalue weighted by molar-refractivity contribution is -0.206. The van der Waals surface area contributed by atoms with E-state index in [1.54, 1.807) is 0 Å². The van der Waals surface area contributed by atoms with Crippen LogP contribution in [0.3, 0.4) is 0 Å². The van der Waals surface area contributed by atoms with Gasteiger partial charge in [-0.05, 0) is 0 Å². The van der Waals surface area contributed by atoms with Gasteiger partial charge in [-0.25, -0.2) is 14.4 Å². The lowest BCUT2D eigenvalue weighted by Gasteiger charge is -2.22. The molecule has 0 radical (unpaired) electrons. The van der Waals surface area contributed by atoms with Gasteiger partial charge >= 0.3 is 0 Å². The molecule has 3 rings (SSSR count). The van der Waals surface area contributed by atoms with Crippen LogP contribution in [-0.2, 0) is 4.74 Å². The van der Waals surface area contributed by atoms with Crippen LogP contribution in [0, 0.1) is 0 Å². The van der Waals surface area contributed by atoms with Gasteiger partial charge < -0.3 is 36.2 Å². The summed E-state index contributed by atoms with van der Waals surface area (Å²) in [7, 11) is 0.